The normalized spacial score (nSPS) is 15.4. The van der Waals surface area contributed by atoms with E-state index in [0.717, 1.165) is 25.9 Å². The molecule has 2 heterocycles. The number of halogens is 1. The Morgan fingerprint density at radius 1 is 1.33 bits per heavy atom. The molecule has 1 amide bonds. The van der Waals surface area contributed by atoms with Crippen LogP contribution >= 0.6 is 11.6 Å². The third kappa shape index (κ3) is 2.93. The second kappa shape index (κ2) is 5.85. The van der Waals surface area contributed by atoms with Crippen LogP contribution in [0, 0.1) is 0 Å². The first-order chi connectivity index (χ1) is 10.1. The van der Waals surface area contributed by atoms with Crippen LogP contribution in [0.4, 0.5) is 0 Å². The Balaban J connectivity index is 1.87. The summed E-state index contributed by atoms with van der Waals surface area (Å²) in [6.45, 7) is 1.66. The van der Waals surface area contributed by atoms with E-state index in [1.54, 1.807) is 18.2 Å². The zero-order valence-corrected chi connectivity index (χ0v) is 12.3. The van der Waals surface area contributed by atoms with Gasteiger partial charge in [-0.2, -0.15) is 0 Å². The highest BCUT2D eigenvalue weighted by Crippen LogP contribution is 2.24. The molecule has 1 saturated heterocycles. The molecule has 1 aliphatic heterocycles. The number of carbonyl (C=O) groups excluding carboxylic acids is 1. The Kier molecular flexibility index (Phi) is 3.92. The van der Waals surface area contributed by atoms with Crippen LogP contribution in [-0.4, -0.2) is 29.0 Å². The number of rotatable bonds is 2. The van der Waals surface area contributed by atoms with Gasteiger partial charge >= 0.3 is 0 Å². The number of piperidine rings is 1. The van der Waals surface area contributed by atoms with Crippen LogP contribution in [0.3, 0.4) is 0 Å². The summed E-state index contributed by atoms with van der Waals surface area (Å²) in [6, 6.07) is 5.09. The van der Waals surface area contributed by atoms with E-state index in [9.17, 15) is 9.90 Å². The summed E-state index contributed by atoms with van der Waals surface area (Å²) in [5.41, 5.74) is 0.443. The first kappa shape index (κ1) is 14.1. The summed E-state index contributed by atoms with van der Waals surface area (Å²) in [6.07, 6.45) is 4.62. The van der Waals surface area contributed by atoms with Crippen LogP contribution in [0.5, 0.6) is 5.75 Å². The number of hydrogen-bond acceptors (Lipinski definition) is 3. The van der Waals surface area contributed by atoms with Gasteiger partial charge in [0.05, 0.1) is 5.02 Å². The van der Waals surface area contributed by atoms with Crippen molar-refractivity contribution < 1.29 is 14.6 Å². The fourth-order valence-corrected chi connectivity index (χ4v) is 2.85. The molecule has 1 aromatic heterocycles. The first-order valence-corrected chi connectivity index (χ1v) is 7.47. The van der Waals surface area contributed by atoms with Crippen molar-refractivity contribution in [3.05, 3.63) is 29.4 Å². The van der Waals surface area contributed by atoms with Crippen LogP contribution < -0.4 is 9.79 Å². The van der Waals surface area contributed by atoms with Gasteiger partial charge in [-0.25, -0.2) is 0 Å². The molecule has 1 aliphatic rings. The third-order valence-electron chi connectivity index (χ3n) is 3.75. The van der Waals surface area contributed by atoms with Gasteiger partial charge in [-0.1, -0.05) is 28.4 Å². The van der Waals surface area contributed by atoms with Crippen molar-refractivity contribution in [1.29, 1.82) is 0 Å². The molecular formula is C15H16ClN3O2. The zero-order valence-electron chi connectivity index (χ0n) is 11.6. The minimum Gasteiger partial charge on any atom is -0.868 e. The summed E-state index contributed by atoms with van der Waals surface area (Å²) in [5.74, 6) is -0.174. The van der Waals surface area contributed by atoms with Gasteiger partial charge in [-0.3, -0.25) is 4.79 Å². The van der Waals surface area contributed by atoms with Crippen molar-refractivity contribution in [3.8, 4) is 5.75 Å². The molecule has 0 atom stereocenters. The van der Waals surface area contributed by atoms with Crippen LogP contribution in [0.2, 0.25) is 5.02 Å². The minimum absolute atomic E-state index is 0.00185. The van der Waals surface area contributed by atoms with E-state index in [4.69, 9.17) is 11.6 Å². The highest BCUT2D eigenvalue weighted by molar-refractivity contribution is 6.35. The summed E-state index contributed by atoms with van der Waals surface area (Å²) in [7, 11) is 0. The number of hydrogen-bond donors (Lipinski definition) is 0. The summed E-state index contributed by atoms with van der Waals surface area (Å²) in [4.78, 5) is 14.1. The molecule has 0 N–H and O–H groups in total. The maximum atomic E-state index is 12.2. The topological polar surface area (TPSA) is 60.1 Å². The number of aromatic nitrogens is 2. The number of carbonyl (C=O) groups is 1. The summed E-state index contributed by atoms with van der Waals surface area (Å²) in [5, 5.41) is 17.3. The van der Waals surface area contributed by atoms with Crippen molar-refractivity contribution in [1.82, 2.24) is 10.00 Å². The lowest BCUT2D eigenvalue weighted by Gasteiger charge is -2.25. The summed E-state index contributed by atoms with van der Waals surface area (Å²) < 4.78 is 1.40. The molecule has 0 aliphatic carbocycles. The van der Waals surface area contributed by atoms with Crippen LogP contribution in [0.15, 0.2) is 24.4 Å². The van der Waals surface area contributed by atoms with Crippen molar-refractivity contribution in [2.24, 2.45) is 0 Å². The molecule has 21 heavy (non-hydrogen) atoms. The minimum atomic E-state index is -0.172. The highest BCUT2D eigenvalue weighted by atomic mass is 35.5. The van der Waals surface area contributed by atoms with Crippen molar-refractivity contribution in [2.75, 3.05) is 13.1 Å². The fourth-order valence-electron chi connectivity index (χ4n) is 2.64. The monoisotopic (exact) mass is 305 g/mol. The van der Waals surface area contributed by atoms with Crippen molar-refractivity contribution >= 4 is 28.4 Å². The van der Waals surface area contributed by atoms with E-state index in [1.807, 2.05) is 4.90 Å². The Morgan fingerprint density at radius 3 is 2.86 bits per heavy atom. The molecule has 0 spiro atoms. The molecule has 0 unspecified atom stereocenters. The lowest BCUT2D eigenvalue weighted by atomic mass is 10.1. The first-order valence-electron chi connectivity index (χ1n) is 7.09. The van der Waals surface area contributed by atoms with Crippen molar-refractivity contribution in [2.45, 2.75) is 25.8 Å². The van der Waals surface area contributed by atoms with Gasteiger partial charge in [0.2, 0.25) is 0 Å². The molecule has 1 aromatic carbocycles. The average Bonchev–Trinajstić information content (AvgIpc) is 2.49. The molecule has 110 valence electrons. The Hall–Kier alpha value is -1.88. The van der Waals surface area contributed by atoms with E-state index >= 15 is 0 Å². The fraction of sp³-hybridized carbons (Fsp3) is 0.400. The largest absolute Gasteiger partial charge is 0.868 e. The Labute approximate surface area is 127 Å². The quantitative estimate of drug-likeness (QED) is 0.785. The van der Waals surface area contributed by atoms with Crippen LogP contribution in [-0.2, 0) is 11.3 Å². The molecule has 0 bridgehead atoms. The third-order valence-corrected chi connectivity index (χ3v) is 4.06. The van der Waals surface area contributed by atoms with Crippen LogP contribution in [0.25, 0.3) is 10.9 Å². The van der Waals surface area contributed by atoms with Gasteiger partial charge in [0.15, 0.2) is 11.7 Å². The lowest BCUT2D eigenvalue weighted by Crippen LogP contribution is -2.48. The predicted octanol–water partition coefficient (Wildman–Crippen LogP) is 1.26. The van der Waals surface area contributed by atoms with Gasteiger partial charge in [0, 0.05) is 23.6 Å². The van der Waals surface area contributed by atoms with Gasteiger partial charge < -0.3 is 10.0 Å². The molecule has 1 fully saturated rings. The SMILES string of the molecule is O=C(C[n+]1cc([O-])c2cccc(Cl)c2n1)N1CCCCC1. The van der Waals surface area contributed by atoms with E-state index in [2.05, 4.69) is 5.10 Å². The highest BCUT2D eigenvalue weighted by Gasteiger charge is 2.21. The average molecular weight is 306 g/mol. The predicted molar refractivity (Wildman–Crippen MR) is 76.8 cm³/mol. The van der Waals surface area contributed by atoms with Gasteiger partial charge in [0.1, 0.15) is 0 Å². The summed E-state index contributed by atoms with van der Waals surface area (Å²) >= 11 is 6.08. The second-order valence-electron chi connectivity index (χ2n) is 5.27. The van der Waals surface area contributed by atoms with Crippen LogP contribution in [0.1, 0.15) is 19.3 Å². The molecule has 6 heteroatoms. The number of fused-ring (bicyclic) bond motifs is 1. The van der Waals surface area contributed by atoms with Gasteiger partial charge in [-0.15, -0.1) is 0 Å². The molecule has 0 radical (unpaired) electrons. The molecular weight excluding hydrogens is 290 g/mol. The molecule has 2 aromatic rings. The maximum absolute atomic E-state index is 12.2. The van der Waals surface area contributed by atoms with Gasteiger partial charge in [0.25, 0.3) is 12.5 Å². The van der Waals surface area contributed by atoms with E-state index < -0.39 is 0 Å². The Bertz CT molecular complexity index is 684. The molecule has 3 rings (SSSR count). The number of nitrogens with zero attached hydrogens (tertiary/aromatic N) is 3. The van der Waals surface area contributed by atoms with Gasteiger partial charge in [-0.05, 0) is 31.1 Å². The number of benzene rings is 1. The van der Waals surface area contributed by atoms with E-state index in [1.165, 1.54) is 17.3 Å². The Morgan fingerprint density at radius 2 is 2.10 bits per heavy atom. The molecule has 0 saturated carbocycles. The van der Waals surface area contributed by atoms with Crippen molar-refractivity contribution in [3.63, 3.8) is 0 Å². The van der Waals surface area contributed by atoms with E-state index in [-0.39, 0.29) is 18.2 Å². The molecule has 5 nitrogen and oxygen atoms in total. The number of amides is 1. The standard InChI is InChI=1S/C15H16ClN3O2/c16-12-6-4-5-11-13(20)9-19(17-15(11)12)10-14(21)18-7-2-1-3-8-18/h4-6,9H,1-3,7-8,10H2. The maximum Gasteiger partial charge on any atom is 0.291 e. The smallest absolute Gasteiger partial charge is 0.291 e. The zero-order chi connectivity index (χ0) is 14.8. The van der Waals surface area contributed by atoms with E-state index in [0.29, 0.717) is 15.9 Å². The lowest BCUT2D eigenvalue weighted by molar-refractivity contribution is -0.742. The second-order valence-corrected chi connectivity index (χ2v) is 5.68. The number of likely N-dealkylation sites (tertiary alicyclic amines) is 1.